The van der Waals surface area contributed by atoms with Crippen LogP contribution in [0.15, 0.2) is 24.4 Å². The van der Waals surface area contributed by atoms with Crippen molar-refractivity contribution in [1.29, 1.82) is 0 Å². The van der Waals surface area contributed by atoms with Crippen molar-refractivity contribution < 1.29 is 20.4 Å². The van der Waals surface area contributed by atoms with Gasteiger partial charge in [0.1, 0.15) is 0 Å². The summed E-state index contributed by atoms with van der Waals surface area (Å²) < 4.78 is 1.81. The molecule has 0 N–H and O–H groups in total. The summed E-state index contributed by atoms with van der Waals surface area (Å²) in [6, 6.07) is 8.87. The third-order valence-corrected chi connectivity index (χ3v) is 1.41. The van der Waals surface area contributed by atoms with E-state index in [1.165, 1.54) is 0 Å². The third-order valence-electron chi connectivity index (χ3n) is 1.41. The van der Waals surface area contributed by atoms with Crippen LogP contribution in [0.5, 0.6) is 0 Å². The van der Waals surface area contributed by atoms with Gasteiger partial charge in [-0.3, -0.25) is 4.52 Å². The van der Waals surface area contributed by atoms with Crippen LogP contribution in [-0.2, 0) is 20.4 Å². The average Bonchev–Trinajstić information content (AvgIpc) is 2.48. The van der Waals surface area contributed by atoms with Crippen molar-refractivity contribution >= 4 is 5.52 Å². The molecule has 0 saturated carbocycles. The smallest absolute Gasteiger partial charge is 0.00661 e. The number of hydrogen-bond donors (Lipinski definition) is 0. The Morgan fingerprint density at radius 1 is 1.38 bits per heavy atom. The largest absolute Gasteiger partial charge is 0.279 e. The van der Waals surface area contributed by atoms with Crippen LogP contribution in [0.1, 0.15) is 19.5 Å². The first-order valence-corrected chi connectivity index (χ1v) is 4.19. The number of aryl methyl sites for hydroxylation is 1. The summed E-state index contributed by atoms with van der Waals surface area (Å²) in [7, 11) is 0. The molecule has 0 unspecified atom stereocenters. The molecule has 2 rings (SSSR count). The summed E-state index contributed by atoms with van der Waals surface area (Å²) in [5, 5.41) is 4.20. The fourth-order valence-electron chi connectivity index (χ4n) is 0.996. The standard InChI is InChI=1S/C8H7N2.C2H6.Re/c1-7-6-8-4-2-3-5-10(8)9-7;1-2;/h2-3,5-6H,1H3;1-2H3;/q-1;;. The number of aromatic nitrogens is 2. The van der Waals surface area contributed by atoms with Gasteiger partial charge in [0.15, 0.2) is 0 Å². The quantitative estimate of drug-likeness (QED) is 0.669. The van der Waals surface area contributed by atoms with Crippen molar-refractivity contribution in [1.82, 2.24) is 9.61 Å². The van der Waals surface area contributed by atoms with Crippen LogP contribution >= 0.6 is 0 Å². The van der Waals surface area contributed by atoms with Crippen LogP contribution in [0.4, 0.5) is 0 Å². The molecule has 0 spiro atoms. The summed E-state index contributed by atoms with van der Waals surface area (Å²) in [5.74, 6) is 0. The molecule has 0 amide bonds. The molecule has 0 aliphatic rings. The maximum Gasteiger partial charge on any atom is 0.00661 e. The van der Waals surface area contributed by atoms with Gasteiger partial charge in [0.25, 0.3) is 0 Å². The second kappa shape index (κ2) is 5.91. The summed E-state index contributed by atoms with van der Waals surface area (Å²) in [5.41, 5.74) is 2.06. The maximum atomic E-state index is 4.20. The molecule has 2 aromatic rings. The van der Waals surface area contributed by atoms with Gasteiger partial charge < -0.3 is 0 Å². The predicted octanol–water partition coefficient (Wildman–Crippen LogP) is 2.47. The van der Waals surface area contributed by atoms with Crippen LogP contribution in [0.2, 0.25) is 0 Å². The first-order valence-electron chi connectivity index (χ1n) is 4.19. The molecular weight excluding hydrogens is 334 g/mol. The monoisotopic (exact) mass is 348 g/mol. The number of pyridine rings is 1. The van der Waals surface area contributed by atoms with E-state index in [9.17, 15) is 0 Å². The second-order valence-electron chi connectivity index (χ2n) is 2.27. The second-order valence-corrected chi connectivity index (χ2v) is 2.27. The molecule has 1 radical (unpaired) electrons. The summed E-state index contributed by atoms with van der Waals surface area (Å²) in [6.45, 7) is 5.97. The molecule has 0 aliphatic carbocycles. The molecule has 0 saturated heterocycles. The molecule has 2 heterocycles. The fourth-order valence-corrected chi connectivity index (χ4v) is 0.996. The molecule has 71 valence electrons. The van der Waals surface area contributed by atoms with Crippen molar-refractivity contribution in [2.75, 3.05) is 0 Å². The molecule has 0 aliphatic heterocycles. The number of fused-ring (bicyclic) bond motifs is 1. The van der Waals surface area contributed by atoms with Gasteiger partial charge in [-0.25, -0.2) is 0 Å². The Hall–Kier alpha value is -0.648. The minimum absolute atomic E-state index is 0. The molecule has 13 heavy (non-hydrogen) atoms. The van der Waals surface area contributed by atoms with E-state index in [-0.39, 0.29) is 20.4 Å². The van der Waals surface area contributed by atoms with E-state index in [2.05, 4.69) is 11.2 Å². The Bertz CT molecular complexity index is 321. The molecule has 0 bridgehead atoms. The van der Waals surface area contributed by atoms with Gasteiger partial charge in [0.05, 0.1) is 0 Å². The topological polar surface area (TPSA) is 17.3 Å². The van der Waals surface area contributed by atoms with Gasteiger partial charge in [-0.05, 0) is 18.6 Å². The van der Waals surface area contributed by atoms with E-state index in [4.69, 9.17) is 0 Å². The van der Waals surface area contributed by atoms with Crippen LogP contribution in [0.3, 0.4) is 0 Å². The first-order chi connectivity index (χ1) is 5.86. The van der Waals surface area contributed by atoms with E-state index < -0.39 is 0 Å². The minimum atomic E-state index is 0. The van der Waals surface area contributed by atoms with Gasteiger partial charge in [-0.2, -0.15) is 17.2 Å². The van der Waals surface area contributed by atoms with Crippen molar-refractivity contribution in [2.45, 2.75) is 20.8 Å². The van der Waals surface area contributed by atoms with Gasteiger partial charge >= 0.3 is 0 Å². The van der Waals surface area contributed by atoms with E-state index in [1.807, 2.05) is 49.7 Å². The average molecular weight is 347 g/mol. The summed E-state index contributed by atoms with van der Waals surface area (Å²) >= 11 is 0. The van der Waals surface area contributed by atoms with Crippen molar-refractivity contribution in [2.24, 2.45) is 0 Å². The number of hydrogen-bond acceptors (Lipinski definition) is 1. The van der Waals surface area contributed by atoms with Gasteiger partial charge in [-0.15, -0.1) is 12.1 Å². The van der Waals surface area contributed by atoms with Crippen molar-refractivity contribution in [3.05, 3.63) is 36.2 Å². The first kappa shape index (κ1) is 12.4. The number of nitrogens with zero attached hydrogens (tertiary/aromatic N) is 2. The molecule has 0 atom stereocenters. The van der Waals surface area contributed by atoms with Crippen molar-refractivity contribution in [3.8, 4) is 0 Å². The van der Waals surface area contributed by atoms with Crippen molar-refractivity contribution in [3.63, 3.8) is 0 Å². The maximum absolute atomic E-state index is 4.20. The Kier molecular flexibility index (Phi) is 5.61. The van der Waals surface area contributed by atoms with Gasteiger partial charge in [0.2, 0.25) is 0 Å². The van der Waals surface area contributed by atoms with E-state index in [0.717, 1.165) is 11.2 Å². The van der Waals surface area contributed by atoms with Gasteiger partial charge in [0, 0.05) is 26.1 Å². The fraction of sp³-hybridized carbons (Fsp3) is 0.300. The predicted molar refractivity (Wildman–Crippen MR) is 50.1 cm³/mol. The Morgan fingerprint density at radius 3 is 2.69 bits per heavy atom. The minimum Gasteiger partial charge on any atom is -0.279 e. The summed E-state index contributed by atoms with van der Waals surface area (Å²) in [4.78, 5) is 0. The summed E-state index contributed by atoms with van der Waals surface area (Å²) in [6.07, 6.45) is 1.92. The Labute approximate surface area is 92.6 Å². The van der Waals surface area contributed by atoms with E-state index in [1.54, 1.807) is 0 Å². The zero-order chi connectivity index (χ0) is 8.97. The van der Waals surface area contributed by atoms with E-state index in [0.29, 0.717) is 0 Å². The third kappa shape index (κ3) is 2.95. The van der Waals surface area contributed by atoms with Crippen LogP contribution in [-0.4, -0.2) is 9.61 Å². The zero-order valence-electron chi connectivity index (χ0n) is 8.08. The van der Waals surface area contributed by atoms with E-state index >= 15 is 0 Å². The number of rotatable bonds is 0. The Morgan fingerprint density at radius 2 is 2.08 bits per heavy atom. The molecule has 2 nitrogen and oxygen atoms in total. The van der Waals surface area contributed by atoms with Crippen LogP contribution in [0, 0.1) is 13.0 Å². The molecule has 0 fully saturated rings. The molecule has 3 heteroatoms. The molecule has 0 aromatic carbocycles. The Balaban J connectivity index is 0.000000451. The van der Waals surface area contributed by atoms with Crippen LogP contribution in [0.25, 0.3) is 5.52 Å². The zero-order valence-corrected chi connectivity index (χ0v) is 10.8. The molecular formula is C10H13N2Re-. The molecule has 2 aromatic heterocycles. The van der Waals surface area contributed by atoms with Gasteiger partial charge in [-0.1, -0.05) is 13.8 Å². The SMILES string of the molecule is CC.Cc1cc2[c-]cccn2n1.[Re]. The van der Waals surface area contributed by atoms with Crippen LogP contribution < -0.4 is 0 Å². The normalized spacial score (nSPS) is 8.54.